The van der Waals surface area contributed by atoms with Gasteiger partial charge in [0.15, 0.2) is 11.5 Å². The second-order valence-corrected chi connectivity index (χ2v) is 4.30. The van der Waals surface area contributed by atoms with E-state index in [2.05, 4.69) is 21.2 Å². The van der Waals surface area contributed by atoms with E-state index in [4.69, 9.17) is 14.2 Å². The second-order valence-electron chi connectivity index (χ2n) is 3.51. The number of ether oxygens (including phenoxy) is 3. The molecule has 88 valence electrons. The van der Waals surface area contributed by atoms with Gasteiger partial charge < -0.3 is 19.5 Å². The molecule has 5 heteroatoms. The van der Waals surface area contributed by atoms with E-state index in [1.807, 2.05) is 12.1 Å². The minimum Gasteiger partial charge on any atom is -0.493 e. The van der Waals surface area contributed by atoms with E-state index >= 15 is 0 Å². The largest absolute Gasteiger partial charge is 0.493 e. The van der Waals surface area contributed by atoms with Gasteiger partial charge >= 0.3 is 0 Å². The van der Waals surface area contributed by atoms with Crippen LogP contribution in [0.1, 0.15) is 0 Å². The van der Waals surface area contributed by atoms with E-state index in [1.54, 1.807) is 14.2 Å². The molecule has 1 heterocycles. The summed E-state index contributed by atoms with van der Waals surface area (Å²) in [5.74, 6) is 2.13. The number of nitrogens with one attached hydrogen (secondary N) is 1. The highest BCUT2D eigenvalue weighted by Crippen LogP contribution is 2.41. The lowest BCUT2D eigenvalue weighted by molar-refractivity contribution is 0.140. The van der Waals surface area contributed by atoms with Crippen LogP contribution in [0.25, 0.3) is 0 Å². The van der Waals surface area contributed by atoms with Crippen molar-refractivity contribution in [2.45, 2.75) is 6.10 Å². The Hall–Kier alpha value is -0.940. The van der Waals surface area contributed by atoms with Gasteiger partial charge in [0, 0.05) is 13.1 Å². The third kappa shape index (κ3) is 2.10. The zero-order valence-electron chi connectivity index (χ0n) is 9.25. The van der Waals surface area contributed by atoms with Crippen LogP contribution >= 0.6 is 15.9 Å². The van der Waals surface area contributed by atoms with Crippen molar-refractivity contribution in [2.75, 3.05) is 27.3 Å². The lowest BCUT2D eigenvalue weighted by Gasteiger charge is -2.28. The Labute approximate surface area is 103 Å². The Morgan fingerprint density at radius 1 is 1.19 bits per heavy atom. The van der Waals surface area contributed by atoms with E-state index in [-0.39, 0.29) is 6.10 Å². The fraction of sp³-hybridized carbons (Fsp3) is 0.455. The summed E-state index contributed by atoms with van der Waals surface area (Å²) in [4.78, 5) is 0. The van der Waals surface area contributed by atoms with Gasteiger partial charge in [-0.3, -0.25) is 0 Å². The summed E-state index contributed by atoms with van der Waals surface area (Å²) in [5, 5.41) is 3.16. The monoisotopic (exact) mass is 287 g/mol. The summed E-state index contributed by atoms with van der Waals surface area (Å²) in [6.45, 7) is 1.78. The highest BCUT2D eigenvalue weighted by atomic mass is 79.9. The molecule has 1 aliphatic rings. The number of hydrogen-bond donors (Lipinski definition) is 1. The highest BCUT2D eigenvalue weighted by Gasteiger charge is 2.21. The molecule has 4 nitrogen and oxygen atoms in total. The summed E-state index contributed by atoms with van der Waals surface area (Å²) >= 11 is 3.46. The van der Waals surface area contributed by atoms with Crippen molar-refractivity contribution >= 4 is 15.9 Å². The van der Waals surface area contributed by atoms with Gasteiger partial charge in [-0.15, -0.1) is 0 Å². The third-order valence-electron chi connectivity index (χ3n) is 2.49. The summed E-state index contributed by atoms with van der Waals surface area (Å²) in [6.07, 6.45) is 0.245. The van der Waals surface area contributed by atoms with E-state index in [1.165, 1.54) is 0 Å². The molecule has 1 aromatic carbocycles. The standard InChI is InChI=1S/C11H14BrNO3/c1-14-9-4-3-8(10(12)11(9)15-2)16-7-5-13-6-7/h3-4,7,13H,5-6H2,1-2H3. The van der Waals surface area contributed by atoms with Crippen LogP contribution in [-0.2, 0) is 0 Å². The van der Waals surface area contributed by atoms with Crippen LogP contribution in [-0.4, -0.2) is 33.4 Å². The third-order valence-corrected chi connectivity index (χ3v) is 3.24. The van der Waals surface area contributed by atoms with Gasteiger partial charge in [-0.05, 0) is 28.1 Å². The maximum atomic E-state index is 5.78. The first-order valence-electron chi connectivity index (χ1n) is 5.04. The molecule has 1 aliphatic heterocycles. The molecule has 0 unspecified atom stereocenters. The van der Waals surface area contributed by atoms with Crippen molar-refractivity contribution in [3.8, 4) is 17.2 Å². The molecule has 1 fully saturated rings. The van der Waals surface area contributed by atoms with Crippen LogP contribution in [0.5, 0.6) is 17.2 Å². The van der Waals surface area contributed by atoms with Gasteiger partial charge in [0.05, 0.1) is 14.2 Å². The zero-order chi connectivity index (χ0) is 11.5. The Bertz CT molecular complexity index is 380. The van der Waals surface area contributed by atoms with E-state index < -0.39 is 0 Å². The first-order valence-corrected chi connectivity index (χ1v) is 5.83. The zero-order valence-corrected chi connectivity index (χ0v) is 10.8. The number of hydrogen-bond acceptors (Lipinski definition) is 4. The quantitative estimate of drug-likeness (QED) is 0.917. The molecule has 1 saturated heterocycles. The number of benzene rings is 1. The topological polar surface area (TPSA) is 39.7 Å². The number of halogens is 1. The van der Waals surface area contributed by atoms with Crippen molar-refractivity contribution in [3.05, 3.63) is 16.6 Å². The predicted octanol–water partition coefficient (Wildman–Crippen LogP) is 1.82. The predicted molar refractivity (Wildman–Crippen MR) is 64.5 cm³/mol. The first-order chi connectivity index (χ1) is 7.76. The average molecular weight is 288 g/mol. The Morgan fingerprint density at radius 3 is 2.38 bits per heavy atom. The molecule has 0 atom stereocenters. The SMILES string of the molecule is COc1ccc(OC2CNC2)c(Br)c1OC. The van der Waals surface area contributed by atoms with E-state index in [0.717, 1.165) is 23.3 Å². The molecule has 0 amide bonds. The maximum Gasteiger partial charge on any atom is 0.178 e. The maximum absolute atomic E-state index is 5.78. The fourth-order valence-electron chi connectivity index (χ4n) is 1.49. The van der Waals surface area contributed by atoms with Crippen LogP contribution < -0.4 is 19.5 Å². The molecular weight excluding hydrogens is 274 g/mol. The lowest BCUT2D eigenvalue weighted by Crippen LogP contribution is -2.50. The molecule has 0 aliphatic carbocycles. The van der Waals surface area contributed by atoms with Crippen molar-refractivity contribution in [1.29, 1.82) is 0 Å². The van der Waals surface area contributed by atoms with Crippen molar-refractivity contribution < 1.29 is 14.2 Å². The Morgan fingerprint density at radius 2 is 1.88 bits per heavy atom. The normalized spacial score (nSPS) is 15.4. The lowest BCUT2D eigenvalue weighted by atomic mass is 10.2. The average Bonchev–Trinajstić information content (AvgIpc) is 2.24. The van der Waals surface area contributed by atoms with E-state index in [9.17, 15) is 0 Å². The number of methoxy groups -OCH3 is 2. The molecule has 0 spiro atoms. The van der Waals surface area contributed by atoms with Gasteiger partial charge in [0.25, 0.3) is 0 Å². The number of rotatable bonds is 4. The molecular formula is C11H14BrNO3. The van der Waals surface area contributed by atoms with Crippen molar-refractivity contribution in [3.63, 3.8) is 0 Å². The summed E-state index contributed by atoms with van der Waals surface area (Å²) in [7, 11) is 3.22. The minimum absolute atomic E-state index is 0.245. The summed E-state index contributed by atoms with van der Waals surface area (Å²) in [6, 6.07) is 3.72. The second kappa shape index (κ2) is 4.93. The van der Waals surface area contributed by atoms with Gasteiger partial charge in [-0.1, -0.05) is 0 Å². The van der Waals surface area contributed by atoms with Gasteiger partial charge in [-0.2, -0.15) is 0 Å². The molecule has 2 rings (SSSR count). The Balaban J connectivity index is 2.24. The van der Waals surface area contributed by atoms with Crippen LogP contribution in [0, 0.1) is 0 Å². The molecule has 0 aromatic heterocycles. The molecule has 0 saturated carbocycles. The van der Waals surface area contributed by atoms with Crippen LogP contribution in [0.2, 0.25) is 0 Å². The van der Waals surface area contributed by atoms with Crippen molar-refractivity contribution in [2.24, 2.45) is 0 Å². The molecule has 1 N–H and O–H groups in total. The minimum atomic E-state index is 0.245. The van der Waals surface area contributed by atoms with Crippen LogP contribution in [0.4, 0.5) is 0 Å². The van der Waals surface area contributed by atoms with Crippen LogP contribution in [0.15, 0.2) is 16.6 Å². The van der Waals surface area contributed by atoms with Gasteiger partial charge in [0.1, 0.15) is 16.3 Å². The first kappa shape index (κ1) is 11.5. The molecule has 0 bridgehead atoms. The van der Waals surface area contributed by atoms with Gasteiger partial charge in [0.2, 0.25) is 0 Å². The fourth-order valence-corrected chi connectivity index (χ4v) is 2.07. The molecule has 0 radical (unpaired) electrons. The van der Waals surface area contributed by atoms with Crippen LogP contribution in [0.3, 0.4) is 0 Å². The highest BCUT2D eigenvalue weighted by molar-refractivity contribution is 9.10. The summed E-state index contributed by atoms with van der Waals surface area (Å²) < 4.78 is 17.0. The van der Waals surface area contributed by atoms with Gasteiger partial charge in [-0.25, -0.2) is 0 Å². The smallest absolute Gasteiger partial charge is 0.178 e. The Kier molecular flexibility index (Phi) is 3.56. The summed E-state index contributed by atoms with van der Waals surface area (Å²) in [5.41, 5.74) is 0. The molecule has 1 aromatic rings. The molecule has 16 heavy (non-hydrogen) atoms. The van der Waals surface area contributed by atoms with Crippen molar-refractivity contribution in [1.82, 2.24) is 5.32 Å². The van der Waals surface area contributed by atoms with E-state index in [0.29, 0.717) is 11.5 Å².